The van der Waals surface area contributed by atoms with Crippen molar-refractivity contribution in [2.45, 2.75) is 45.0 Å². The van der Waals surface area contributed by atoms with Gasteiger partial charge in [-0.25, -0.2) is 8.78 Å². The second kappa shape index (κ2) is 1.96. The van der Waals surface area contributed by atoms with Crippen LogP contribution in [-0.2, 0) is 0 Å². The maximum absolute atomic E-state index is 13.0. The minimum Gasteiger partial charge on any atom is -0.207 e. The lowest BCUT2D eigenvalue weighted by atomic mass is 9.77. The van der Waals surface area contributed by atoms with Gasteiger partial charge in [-0.2, -0.15) is 0 Å². The molecule has 0 unspecified atom stereocenters. The van der Waals surface area contributed by atoms with E-state index in [2.05, 4.69) is 0 Å². The molecule has 0 aromatic carbocycles. The maximum Gasteiger partial charge on any atom is 0.250 e. The van der Waals surface area contributed by atoms with E-state index in [0.29, 0.717) is 5.41 Å². The molecule has 0 bridgehead atoms. The largest absolute Gasteiger partial charge is 0.250 e. The number of rotatable bonds is 0. The lowest BCUT2D eigenvalue weighted by Crippen LogP contribution is -2.34. The number of alkyl halides is 2. The molecule has 11 heavy (non-hydrogen) atoms. The Balaban J connectivity index is 2.05. The minimum absolute atomic E-state index is 0.133. The first-order valence-electron chi connectivity index (χ1n) is 4.42. The summed E-state index contributed by atoms with van der Waals surface area (Å²) in [6.07, 6.45) is 4.07. The summed E-state index contributed by atoms with van der Waals surface area (Å²) >= 11 is 0. The summed E-state index contributed by atoms with van der Waals surface area (Å²) in [5, 5.41) is 0. The highest BCUT2D eigenvalue weighted by atomic mass is 19.3. The van der Waals surface area contributed by atoms with Crippen LogP contribution in [0.2, 0.25) is 0 Å². The Morgan fingerprint density at radius 2 is 1.64 bits per heavy atom. The van der Waals surface area contributed by atoms with Crippen LogP contribution in [0.1, 0.15) is 39.0 Å². The van der Waals surface area contributed by atoms with E-state index in [9.17, 15) is 8.78 Å². The van der Waals surface area contributed by atoms with Gasteiger partial charge in [0.05, 0.1) is 0 Å². The predicted octanol–water partition coefficient (Wildman–Crippen LogP) is 3.22. The fraction of sp³-hybridized carbons (Fsp3) is 1.00. The van der Waals surface area contributed by atoms with Crippen molar-refractivity contribution in [2.24, 2.45) is 11.3 Å². The monoisotopic (exact) mass is 160 g/mol. The zero-order valence-corrected chi connectivity index (χ0v) is 6.87. The van der Waals surface area contributed by atoms with Crippen LogP contribution in [0.4, 0.5) is 8.78 Å². The van der Waals surface area contributed by atoms with Crippen LogP contribution in [-0.4, -0.2) is 5.92 Å². The van der Waals surface area contributed by atoms with Gasteiger partial charge in [-0.1, -0.05) is 6.92 Å². The van der Waals surface area contributed by atoms with Gasteiger partial charge in [0.2, 0.25) is 0 Å². The molecule has 0 radical (unpaired) electrons. The molecule has 0 N–H and O–H groups in total. The zero-order valence-electron chi connectivity index (χ0n) is 6.87. The first-order valence-corrected chi connectivity index (χ1v) is 4.42. The van der Waals surface area contributed by atoms with E-state index >= 15 is 0 Å². The van der Waals surface area contributed by atoms with Gasteiger partial charge in [-0.15, -0.1) is 0 Å². The number of hydrogen-bond donors (Lipinski definition) is 0. The fourth-order valence-corrected chi connectivity index (χ4v) is 2.21. The van der Waals surface area contributed by atoms with Crippen LogP contribution in [0, 0.1) is 11.3 Å². The van der Waals surface area contributed by atoms with Crippen LogP contribution >= 0.6 is 0 Å². The molecule has 2 aliphatic rings. The summed E-state index contributed by atoms with van der Waals surface area (Å²) in [5.41, 5.74) is 0.376. The van der Waals surface area contributed by atoms with Crippen molar-refractivity contribution >= 4 is 0 Å². The van der Waals surface area contributed by atoms with E-state index < -0.39 is 5.92 Å². The van der Waals surface area contributed by atoms with Gasteiger partial charge in [0.1, 0.15) is 0 Å². The Morgan fingerprint density at radius 1 is 1.09 bits per heavy atom. The van der Waals surface area contributed by atoms with E-state index in [1.807, 2.05) is 0 Å². The summed E-state index contributed by atoms with van der Waals surface area (Å²) in [6.45, 7) is 1.69. The fourth-order valence-electron chi connectivity index (χ4n) is 2.21. The number of halogens is 2. The van der Waals surface area contributed by atoms with Crippen LogP contribution in [0.5, 0.6) is 0 Å². The zero-order chi connectivity index (χ0) is 8.11. The van der Waals surface area contributed by atoms with E-state index in [4.69, 9.17) is 0 Å². The van der Waals surface area contributed by atoms with Crippen molar-refractivity contribution in [3.63, 3.8) is 0 Å². The van der Waals surface area contributed by atoms with Crippen molar-refractivity contribution in [2.75, 3.05) is 0 Å². The first-order chi connectivity index (χ1) is 5.04. The first kappa shape index (κ1) is 7.51. The topological polar surface area (TPSA) is 0 Å². The Labute approximate surface area is 66.0 Å². The molecule has 1 spiro atoms. The molecule has 2 fully saturated rings. The van der Waals surface area contributed by atoms with Crippen molar-refractivity contribution in [3.05, 3.63) is 0 Å². The molecule has 2 saturated carbocycles. The summed E-state index contributed by atoms with van der Waals surface area (Å²) in [5.74, 6) is -2.74. The molecule has 0 saturated heterocycles. The molecule has 2 aliphatic carbocycles. The third kappa shape index (κ3) is 1.17. The summed E-state index contributed by atoms with van der Waals surface area (Å²) in [4.78, 5) is 0. The molecule has 0 aliphatic heterocycles. The van der Waals surface area contributed by atoms with Gasteiger partial charge in [0.15, 0.2) is 0 Å². The molecule has 2 rings (SSSR count). The van der Waals surface area contributed by atoms with Crippen molar-refractivity contribution < 1.29 is 8.78 Å². The van der Waals surface area contributed by atoms with Gasteiger partial charge in [0.25, 0.3) is 5.92 Å². The Morgan fingerprint density at radius 3 is 2.09 bits per heavy atom. The molecule has 0 nitrogen and oxygen atoms in total. The SMILES string of the molecule is C[C@@H]1CC2(CC2)CCC1(F)F. The molecular formula is C9H14F2. The number of hydrogen-bond acceptors (Lipinski definition) is 0. The summed E-state index contributed by atoms with van der Waals surface area (Å²) < 4.78 is 25.9. The van der Waals surface area contributed by atoms with Crippen molar-refractivity contribution in [3.8, 4) is 0 Å². The molecule has 0 aromatic heterocycles. The molecule has 64 valence electrons. The lowest BCUT2D eigenvalue weighted by molar-refractivity contribution is -0.0947. The van der Waals surface area contributed by atoms with Gasteiger partial charge >= 0.3 is 0 Å². The van der Waals surface area contributed by atoms with E-state index in [0.717, 1.165) is 12.8 Å². The van der Waals surface area contributed by atoms with Crippen LogP contribution < -0.4 is 0 Å². The maximum atomic E-state index is 13.0. The van der Waals surface area contributed by atoms with Crippen molar-refractivity contribution in [1.82, 2.24) is 0 Å². The Kier molecular flexibility index (Phi) is 1.34. The smallest absolute Gasteiger partial charge is 0.207 e. The normalized spacial score (nSPS) is 39.0. The second-order valence-corrected chi connectivity index (χ2v) is 4.37. The standard InChI is InChI=1S/C9H14F2/c1-7-6-8(2-3-8)4-5-9(7,10)11/h7H,2-6H2,1H3/t7-/m1/s1. The van der Waals surface area contributed by atoms with E-state index in [-0.39, 0.29) is 12.3 Å². The Hall–Kier alpha value is -0.140. The second-order valence-electron chi connectivity index (χ2n) is 4.37. The molecule has 0 aromatic rings. The molecule has 1 atom stereocenters. The van der Waals surface area contributed by atoms with Crippen LogP contribution in [0.3, 0.4) is 0 Å². The minimum atomic E-state index is -2.37. The highest BCUT2D eigenvalue weighted by Gasteiger charge is 2.53. The average Bonchev–Trinajstić information content (AvgIpc) is 2.64. The molecule has 0 amide bonds. The van der Waals surface area contributed by atoms with Gasteiger partial charge in [-0.05, 0) is 31.1 Å². The lowest BCUT2D eigenvalue weighted by Gasteiger charge is -2.34. The Bertz CT molecular complexity index is 170. The molecular weight excluding hydrogens is 146 g/mol. The van der Waals surface area contributed by atoms with E-state index in [1.165, 1.54) is 12.8 Å². The van der Waals surface area contributed by atoms with Gasteiger partial charge < -0.3 is 0 Å². The average molecular weight is 160 g/mol. The highest BCUT2D eigenvalue weighted by molar-refractivity contribution is 5.00. The molecule has 2 heteroatoms. The van der Waals surface area contributed by atoms with Gasteiger partial charge in [-0.3, -0.25) is 0 Å². The predicted molar refractivity (Wildman–Crippen MR) is 39.6 cm³/mol. The van der Waals surface area contributed by atoms with Crippen LogP contribution in [0.15, 0.2) is 0 Å². The summed E-state index contributed by atoms with van der Waals surface area (Å²) in [6, 6.07) is 0. The van der Waals surface area contributed by atoms with Crippen molar-refractivity contribution in [1.29, 1.82) is 0 Å². The van der Waals surface area contributed by atoms with E-state index in [1.54, 1.807) is 6.92 Å². The van der Waals surface area contributed by atoms with Gasteiger partial charge in [0, 0.05) is 12.3 Å². The summed E-state index contributed by atoms with van der Waals surface area (Å²) in [7, 11) is 0. The molecule has 0 heterocycles. The van der Waals surface area contributed by atoms with Crippen LogP contribution in [0.25, 0.3) is 0 Å². The third-order valence-electron chi connectivity index (χ3n) is 3.41. The quantitative estimate of drug-likeness (QED) is 0.510. The third-order valence-corrected chi connectivity index (χ3v) is 3.41. The highest BCUT2D eigenvalue weighted by Crippen LogP contribution is 2.60.